The van der Waals surface area contributed by atoms with Gasteiger partial charge in [-0.2, -0.15) is 0 Å². The Hall–Kier alpha value is -1.06. The number of nitrogens with two attached hydrogens (primary N) is 1. The van der Waals surface area contributed by atoms with Crippen molar-refractivity contribution in [1.82, 2.24) is 4.90 Å². The fraction of sp³-hybridized carbons (Fsp3) is 0.533. The van der Waals surface area contributed by atoms with Gasteiger partial charge in [0.05, 0.1) is 5.41 Å². The lowest BCUT2D eigenvalue weighted by Crippen LogP contribution is -2.45. The molecule has 0 saturated carbocycles. The van der Waals surface area contributed by atoms with Crippen molar-refractivity contribution >= 4 is 18.3 Å². The predicted octanol–water partition coefficient (Wildman–Crippen LogP) is 2.72. The van der Waals surface area contributed by atoms with Gasteiger partial charge in [0.1, 0.15) is 0 Å². The lowest BCUT2D eigenvalue weighted by atomic mass is 9.81. The first kappa shape index (κ1) is 16.0. The topological polar surface area (TPSA) is 46.3 Å². The molecular formula is C15H23ClN2O. The van der Waals surface area contributed by atoms with Gasteiger partial charge in [-0.3, -0.25) is 4.79 Å². The molecular weight excluding hydrogens is 260 g/mol. The number of amides is 1. The maximum Gasteiger partial charge on any atom is 0.230 e. The minimum absolute atomic E-state index is 0. The third kappa shape index (κ3) is 2.77. The van der Waals surface area contributed by atoms with Gasteiger partial charge in [-0.1, -0.05) is 38.1 Å². The van der Waals surface area contributed by atoms with Crippen LogP contribution in [0.1, 0.15) is 37.8 Å². The summed E-state index contributed by atoms with van der Waals surface area (Å²) >= 11 is 0. The first-order valence-corrected chi connectivity index (χ1v) is 6.73. The second-order valence-corrected chi connectivity index (χ2v) is 5.12. The van der Waals surface area contributed by atoms with E-state index < -0.39 is 0 Å². The Morgan fingerprint density at radius 3 is 2.05 bits per heavy atom. The molecule has 106 valence electrons. The summed E-state index contributed by atoms with van der Waals surface area (Å²) in [6.07, 6.45) is 1.62. The molecule has 0 aliphatic carbocycles. The number of hydrogen-bond acceptors (Lipinski definition) is 2. The number of hydrogen-bond donors (Lipinski definition) is 1. The van der Waals surface area contributed by atoms with Crippen LogP contribution in [0.25, 0.3) is 0 Å². The van der Waals surface area contributed by atoms with Crippen molar-refractivity contribution in [2.75, 3.05) is 6.54 Å². The summed E-state index contributed by atoms with van der Waals surface area (Å²) in [5.74, 6) is 0.214. The van der Waals surface area contributed by atoms with Gasteiger partial charge in [-0.15, -0.1) is 12.4 Å². The maximum atomic E-state index is 12.7. The highest BCUT2D eigenvalue weighted by molar-refractivity contribution is 5.85. The van der Waals surface area contributed by atoms with E-state index >= 15 is 0 Å². The number of carbonyl (C=O) groups is 1. The fourth-order valence-electron chi connectivity index (χ4n) is 2.74. The average Bonchev–Trinajstić information content (AvgIpc) is 2.85. The number of benzene rings is 1. The Labute approximate surface area is 121 Å². The molecule has 1 aliphatic rings. The van der Waals surface area contributed by atoms with Gasteiger partial charge in [-0.05, 0) is 24.0 Å². The lowest BCUT2D eigenvalue weighted by molar-refractivity contribution is -0.142. The molecule has 19 heavy (non-hydrogen) atoms. The van der Waals surface area contributed by atoms with Gasteiger partial charge in [0, 0.05) is 19.6 Å². The van der Waals surface area contributed by atoms with E-state index in [1.54, 1.807) is 0 Å². The standard InChI is InChI=1S/C15H22N2O.ClH/c1-3-15(4-2,11-16)14(18)17-9-12-7-5-6-8-13(12)10-17;/h5-8H,3-4,9-11,16H2,1-2H3;1H. The smallest absolute Gasteiger partial charge is 0.230 e. The average molecular weight is 283 g/mol. The highest BCUT2D eigenvalue weighted by Gasteiger charge is 2.38. The molecule has 3 nitrogen and oxygen atoms in total. The summed E-state index contributed by atoms with van der Waals surface area (Å²) < 4.78 is 0. The summed E-state index contributed by atoms with van der Waals surface area (Å²) in [6.45, 7) is 6.01. The zero-order valence-corrected chi connectivity index (χ0v) is 12.5. The van der Waals surface area contributed by atoms with Gasteiger partial charge < -0.3 is 10.6 Å². The zero-order valence-electron chi connectivity index (χ0n) is 11.7. The van der Waals surface area contributed by atoms with Crippen LogP contribution in [0.3, 0.4) is 0 Å². The van der Waals surface area contributed by atoms with Crippen LogP contribution >= 0.6 is 12.4 Å². The van der Waals surface area contributed by atoms with Crippen molar-refractivity contribution in [3.8, 4) is 0 Å². The lowest BCUT2D eigenvalue weighted by Gasteiger charge is -2.33. The number of rotatable bonds is 4. The molecule has 0 atom stereocenters. The molecule has 0 radical (unpaired) electrons. The minimum Gasteiger partial charge on any atom is -0.333 e. The van der Waals surface area contributed by atoms with Crippen LogP contribution in [0, 0.1) is 5.41 Å². The van der Waals surface area contributed by atoms with Crippen LogP contribution < -0.4 is 5.73 Å². The van der Waals surface area contributed by atoms with Gasteiger partial charge in [0.15, 0.2) is 0 Å². The van der Waals surface area contributed by atoms with Crippen LogP contribution in [-0.2, 0) is 17.9 Å². The van der Waals surface area contributed by atoms with E-state index in [1.165, 1.54) is 11.1 Å². The molecule has 1 heterocycles. The van der Waals surface area contributed by atoms with E-state index in [-0.39, 0.29) is 23.7 Å². The molecule has 1 amide bonds. The third-order valence-electron chi connectivity index (χ3n) is 4.33. The number of halogens is 1. The third-order valence-corrected chi connectivity index (χ3v) is 4.33. The van der Waals surface area contributed by atoms with Crippen molar-refractivity contribution in [2.24, 2.45) is 11.1 Å². The second kappa shape index (κ2) is 6.40. The Morgan fingerprint density at radius 1 is 1.21 bits per heavy atom. The number of nitrogens with zero attached hydrogens (tertiary/aromatic N) is 1. The predicted molar refractivity (Wildman–Crippen MR) is 80.0 cm³/mol. The summed E-state index contributed by atoms with van der Waals surface area (Å²) in [5, 5.41) is 0. The van der Waals surface area contributed by atoms with Crippen LogP contribution in [0.5, 0.6) is 0 Å². The van der Waals surface area contributed by atoms with E-state index in [9.17, 15) is 4.79 Å². The Balaban J connectivity index is 0.00000180. The Morgan fingerprint density at radius 2 is 1.68 bits per heavy atom. The van der Waals surface area contributed by atoms with Crippen LogP contribution in [0.2, 0.25) is 0 Å². The maximum absolute atomic E-state index is 12.7. The van der Waals surface area contributed by atoms with Gasteiger partial charge in [0.2, 0.25) is 5.91 Å². The van der Waals surface area contributed by atoms with E-state index in [2.05, 4.69) is 26.0 Å². The molecule has 1 aromatic rings. The molecule has 1 aromatic carbocycles. The van der Waals surface area contributed by atoms with E-state index in [0.717, 1.165) is 25.9 Å². The first-order valence-electron chi connectivity index (χ1n) is 6.73. The molecule has 0 unspecified atom stereocenters. The van der Waals surface area contributed by atoms with Crippen LogP contribution in [0.4, 0.5) is 0 Å². The van der Waals surface area contributed by atoms with Crippen molar-refractivity contribution in [3.05, 3.63) is 35.4 Å². The molecule has 2 rings (SSSR count). The van der Waals surface area contributed by atoms with Gasteiger partial charge in [-0.25, -0.2) is 0 Å². The minimum atomic E-state index is -0.373. The summed E-state index contributed by atoms with van der Waals surface area (Å²) in [4.78, 5) is 14.6. The fourth-order valence-corrected chi connectivity index (χ4v) is 2.74. The molecule has 0 saturated heterocycles. The molecule has 0 aromatic heterocycles. The largest absolute Gasteiger partial charge is 0.333 e. The van der Waals surface area contributed by atoms with Crippen LogP contribution in [-0.4, -0.2) is 17.4 Å². The summed E-state index contributed by atoms with van der Waals surface area (Å²) in [7, 11) is 0. The zero-order chi connectivity index (χ0) is 13.2. The van der Waals surface area contributed by atoms with Crippen molar-refractivity contribution < 1.29 is 4.79 Å². The van der Waals surface area contributed by atoms with Crippen molar-refractivity contribution in [3.63, 3.8) is 0 Å². The molecule has 2 N–H and O–H groups in total. The van der Waals surface area contributed by atoms with Crippen LogP contribution in [0.15, 0.2) is 24.3 Å². The van der Waals surface area contributed by atoms with E-state index in [4.69, 9.17) is 5.73 Å². The normalized spacial score (nSPS) is 13.9. The number of carbonyl (C=O) groups excluding carboxylic acids is 1. The molecule has 4 heteroatoms. The molecule has 1 aliphatic heterocycles. The SMILES string of the molecule is CCC(CC)(CN)C(=O)N1Cc2ccccc2C1.Cl. The number of fused-ring (bicyclic) bond motifs is 1. The molecule has 0 bridgehead atoms. The summed E-state index contributed by atoms with van der Waals surface area (Å²) in [5.41, 5.74) is 8.02. The Kier molecular flexibility index (Phi) is 5.39. The highest BCUT2D eigenvalue weighted by Crippen LogP contribution is 2.32. The quantitative estimate of drug-likeness (QED) is 0.923. The van der Waals surface area contributed by atoms with Crippen molar-refractivity contribution in [1.29, 1.82) is 0 Å². The van der Waals surface area contributed by atoms with Crippen molar-refractivity contribution in [2.45, 2.75) is 39.8 Å². The first-order chi connectivity index (χ1) is 8.66. The highest BCUT2D eigenvalue weighted by atomic mass is 35.5. The molecule has 0 fully saturated rings. The summed E-state index contributed by atoms with van der Waals surface area (Å²) in [6, 6.07) is 8.26. The van der Waals surface area contributed by atoms with Gasteiger partial charge >= 0.3 is 0 Å². The molecule has 0 spiro atoms. The second-order valence-electron chi connectivity index (χ2n) is 5.12. The Bertz CT molecular complexity index is 410. The van der Waals surface area contributed by atoms with E-state index in [0.29, 0.717) is 6.54 Å². The van der Waals surface area contributed by atoms with Gasteiger partial charge in [0.25, 0.3) is 0 Å². The van der Waals surface area contributed by atoms with E-state index in [1.807, 2.05) is 17.0 Å². The monoisotopic (exact) mass is 282 g/mol.